The Labute approximate surface area is 117 Å². The fourth-order valence-corrected chi connectivity index (χ4v) is 2.41. The Kier molecular flexibility index (Phi) is 6.11. The van der Waals surface area contributed by atoms with E-state index in [4.69, 9.17) is 10.2 Å². The van der Waals surface area contributed by atoms with E-state index < -0.39 is 11.9 Å². The average molecular weight is 281 g/mol. The predicted molar refractivity (Wildman–Crippen MR) is 72.4 cm³/mol. The van der Waals surface area contributed by atoms with Crippen molar-refractivity contribution in [2.45, 2.75) is 44.7 Å². The lowest BCUT2D eigenvalue weighted by atomic mass is 9.98. The van der Waals surface area contributed by atoms with Crippen molar-refractivity contribution in [3.05, 3.63) is 23.8 Å². The lowest BCUT2D eigenvalue weighted by Gasteiger charge is -2.11. The van der Waals surface area contributed by atoms with Crippen LogP contribution in [0.5, 0.6) is 0 Å². The fourth-order valence-electron chi connectivity index (χ4n) is 2.41. The Morgan fingerprint density at radius 2 is 1.75 bits per heavy atom. The molecule has 2 rings (SSSR count). The van der Waals surface area contributed by atoms with Crippen molar-refractivity contribution in [3.63, 3.8) is 0 Å². The molecule has 1 fully saturated rings. The largest absolute Gasteiger partial charge is 0.478 e. The number of nitrogens with one attached hydrogen (secondary N) is 1. The molecule has 0 aliphatic carbocycles. The average Bonchev–Trinajstić information content (AvgIpc) is 2.68. The van der Waals surface area contributed by atoms with Gasteiger partial charge < -0.3 is 15.5 Å². The molecule has 6 heteroatoms. The molecular weight excluding hydrogens is 262 g/mol. The summed E-state index contributed by atoms with van der Waals surface area (Å²) in [6, 6.07) is 1.04. The van der Waals surface area contributed by atoms with Crippen LogP contribution in [-0.4, -0.2) is 40.0 Å². The number of aliphatic carboxylic acids is 2. The van der Waals surface area contributed by atoms with Crippen LogP contribution in [-0.2, 0) is 14.4 Å². The summed E-state index contributed by atoms with van der Waals surface area (Å²) in [4.78, 5) is 30.3. The monoisotopic (exact) mass is 281 g/mol. The minimum Gasteiger partial charge on any atom is -0.478 e. The van der Waals surface area contributed by atoms with Gasteiger partial charge in [0, 0.05) is 29.8 Å². The number of hydrogen-bond donors (Lipinski definition) is 3. The normalized spacial score (nSPS) is 24.4. The fraction of sp³-hybridized carbons (Fsp3) is 0.500. The number of carbonyl (C=O) groups excluding carboxylic acids is 1. The molecule has 0 aromatic carbocycles. The topological polar surface area (TPSA) is 104 Å². The summed E-state index contributed by atoms with van der Waals surface area (Å²) in [5, 5.41) is 19.1. The van der Waals surface area contributed by atoms with Gasteiger partial charge in [0.05, 0.1) is 0 Å². The number of carboxylic acids is 2. The van der Waals surface area contributed by atoms with Crippen molar-refractivity contribution in [2.24, 2.45) is 0 Å². The van der Waals surface area contributed by atoms with Crippen molar-refractivity contribution in [3.8, 4) is 0 Å². The van der Waals surface area contributed by atoms with E-state index in [0.717, 1.165) is 18.4 Å². The Bertz CT molecular complexity index is 436. The first-order valence-corrected chi connectivity index (χ1v) is 6.51. The van der Waals surface area contributed by atoms with E-state index in [1.807, 2.05) is 0 Å². The zero-order valence-electron chi connectivity index (χ0n) is 11.3. The van der Waals surface area contributed by atoms with Crippen molar-refractivity contribution < 1.29 is 24.6 Å². The highest BCUT2D eigenvalue weighted by Gasteiger charge is 2.29. The van der Waals surface area contributed by atoms with Gasteiger partial charge in [0.25, 0.3) is 0 Å². The Morgan fingerprint density at radius 3 is 2.25 bits per heavy atom. The molecule has 0 amide bonds. The first-order chi connectivity index (χ1) is 9.40. The van der Waals surface area contributed by atoms with E-state index in [1.54, 1.807) is 6.92 Å². The maximum atomic E-state index is 11.2. The Morgan fingerprint density at radius 1 is 1.15 bits per heavy atom. The smallest absolute Gasteiger partial charge is 0.328 e. The Balaban J connectivity index is 0.000000221. The lowest BCUT2D eigenvalue weighted by Crippen LogP contribution is -2.30. The van der Waals surface area contributed by atoms with Crippen LogP contribution in [0.1, 0.15) is 32.6 Å². The van der Waals surface area contributed by atoms with Gasteiger partial charge in [0.2, 0.25) is 0 Å². The SMILES string of the molecule is CC(=O)C1=CCCC2CCC1N2.O=C(O)/C=C/C(=O)O. The van der Waals surface area contributed by atoms with Crippen LogP contribution in [0.25, 0.3) is 0 Å². The number of carboxylic acid groups (broad SMARTS) is 2. The van der Waals surface area contributed by atoms with Gasteiger partial charge in [-0.05, 0) is 32.6 Å². The van der Waals surface area contributed by atoms with Crippen LogP contribution in [0.15, 0.2) is 23.8 Å². The molecule has 1 saturated heterocycles. The van der Waals surface area contributed by atoms with E-state index >= 15 is 0 Å². The molecule has 2 heterocycles. The van der Waals surface area contributed by atoms with Crippen LogP contribution in [0.4, 0.5) is 0 Å². The number of ketones is 1. The summed E-state index contributed by atoms with van der Waals surface area (Å²) in [6.07, 6.45) is 7.91. The number of fused-ring (bicyclic) bond motifs is 2. The zero-order valence-corrected chi connectivity index (χ0v) is 11.3. The van der Waals surface area contributed by atoms with Crippen LogP contribution >= 0.6 is 0 Å². The van der Waals surface area contributed by atoms with Gasteiger partial charge in [-0.15, -0.1) is 0 Å². The third kappa shape index (κ3) is 5.36. The molecule has 110 valence electrons. The van der Waals surface area contributed by atoms with Crippen LogP contribution in [0.3, 0.4) is 0 Å². The summed E-state index contributed by atoms with van der Waals surface area (Å²) in [5.74, 6) is -2.27. The van der Waals surface area contributed by atoms with Gasteiger partial charge in [-0.25, -0.2) is 9.59 Å². The molecule has 0 saturated carbocycles. The van der Waals surface area contributed by atoms with E-state index in [0.29, 0.717) is 24.2 Å². The summed E-state index contributed by atoms with van der Waals surface area (Å²) >= 11 is 0. The molecule has 2 aliphatic rings. The van der Waals surface area contributed by atoms with Gasteiger partial charge in [0.15, 0.2) is 5.78 Å². The van der Waals surface area contributed by atoms with Gasteiger partial charge in [0.1, 0.15) is 0 Å². The zero-order chi connectivity index (χ0) is 15.1. The highest BCUT2D eigenvalue weighted by molar-refractivity contribution is 5.94. The van der Waals surface area contributed by atoms with Crippen molar-refractivity contribution in [1.29, 1.82) is 0 Å². The van der Waals surface area contributed by atoms with Crippen molar-refractivity contribution in [1.82, 2.24) is 5.32 Å². The predicted octanol–water partition coefficient (Wildman–Crippen LogP) is 1.13. The molecule has 2 atom stereocenters. The van der Waals surface area contributed by atoms with E-state index in [1.165, 1.54) is 12.8 Å². The van der Waals surface area contributed by atoms with Gasteiger partial charge >= 0.3 is 11.9 Å². The standard InChI is InChI=1S/C10H15NO.C4H4O4/c1-7(12)9-4-2-3-8-5-6-10(9)11-8;5-3(6)1-2-4(7)8/h4,8,10-11H,2-3,5-6H2,1H3;1-2H,(H,5,6)(H,7,8)/b;2-1+. The number of hydrogen-bond acceptors (Lipinski definition) is 4. The molecule has 2 unspecified atom stereocenters. The third-order valence-electron chi connectivity index (χ3n) is 3.27. The van der Waals surface area contributed by atoms with E-state index in [9.17, 15) is 14.4 Å². The maximum absolute atomic E-state index is 11.2. The second-order valence-electron chi connectivity index (χ2n) is 4.80. The lowest BCUT2D eigenvalue weighted by molar-refractivity contribution is -0.134. The molecule has 0 radical (unpaired) electrons. The minimum atomic E-state index is -1.26. The molecule has 6 nitrogen and oxygen atoms in total. The summed E-state index contributed by atoms with van der Waals surface area (Å²) < 4.78 is 0. The highest BCUT2D eigenvalue weighted by Crippen LogP contribution is 2.26. The number of rotatable bonds is 3. The van der Waals surface area contributed by atoms with E-state index in [2.05, 4.69) is 11.4 Å². The molecule has 0 aromatic heterocycles. The molecule has 2 bridgehead atoms. The minimum absolute atomic E-state index is 0.245. The second-order valence-corrected chi connectivity index (χ2v) is 4.80. The first-order valence-electron chi connectivity index (χ1n) is 6.51. The summed E-state index contributed by atoms with van der Waals surface area (Å²) in [7, 11) is 0. The molecule has 0 aromatic rings. The Hall–Kier alpha value is -1.95. The van der Waals surface area contributed by atoms with Crippen LogP contribution in [0, 0.1) is 0 Å². The van der Waals surface area contributed by atoms with Crippen LogP contribution in [0.2, 0.25) is 0 Å². The summed E-state index contributed by atoms with van der Waals surface area (Å²) in [5.41, 5.74) is 1.02. The molecule has 2 aliphatic heterocycles. The number of carbonyl (C=O) groups is 3. The van der Waals surface area contributed by atoms with Gasteiger partial charge in [-0.2, -0.15) is 0 Å². The quantitative estimate of drug-likeness (QED) is 0.670. The maximum Gasteiger partial charge on any atom is 0.328 e. The highest BCUT2D eigenvalue weighted by atomic mass is 16.4. The molecule has 20 heavy (non-hydrogen) atoms. The molecule has 3 N–H and O–H groups in total. The van der Waals surface area contributed by atoms with Crippen LogP contribution < -0.4 is 5.32 Å². The van der Waals surface area contributed by atoms with Gasteiger partial charge in [-0.1, -0.05) is 6.08 Å². The second kappa shape index (κ2) is 7.59. The summed E-state index contributed by atoms with van der Waals surface area (Å²) in [6.45, 7) is 1.67. The molecule has 0 spiro atoms. The van der Waals surface area contributed by atoms with Crippen molar-refractivity contribution >= 4 is 17.7 Å². The van der Waals surface area contributed by atoms with Crippen molar-refractivity contribution in [2.75, 3.05) is 0 Å². The first kappa shape index (κ1) is 16.1. The third-order valence-corrected chi connectivity index (χ3v) is 3.27. The molecular formula is C14H19NO5. The van der Waals surface area contributed by atoms with Gasteiger partial charge in [-0.3, -0.25) is 4.79 Å². The van der Waals surface area contributed by atoms with E-state index in [-0.39, 0.29) is 5.78 Å². The number of Topliss-reactive ketones (excluding diaryl/α,β-unsaturated/α-hetero) is 1. The number of allylic oxidation sites excluding steroid dienone is 1.